The smallest absolute Gasteiger partial charge is 0.326 e. The first-order valence-electron chi connectivity index (χ1n) is 8.04. The number of benzene rings is 1. The van der Waals surface area contributed by atoms with E-state index in [0.29, 0.717) is 24.3 Å². The predicted octanol–water partition coefficient (Wildman–Crippen LogP) is 2.37. The van der Waals surface area contributed by atoms with Gasteiger partial charge in [0.2, 0.25) is 0 Å². The molecule has 0 atom stereocenters. The van der Waals surface area contributed by atoms with Crippen LogP contribution in [0.1, 0.15) is 20.8 Å². The zero-order valence-electron chi connectivity index (χ0n) is 14.3. The highest BCUT2D eigenvalue weighted by molar-refractivity contribution is 5.83. The number of hydrogen-bond donors (Lipinski definition) is 0. The summed E-state index contributed by atoms with van der Waals surface area (Å²) in [5, 5.41) is 1.31. The molecule has 0 aliphatic carbocycles. The molecule has 0 aliphatic heterocycles. The van der Waals surface area contributed by atoms with Crippen LogP contribution in [-0.4, -0.2) is 36.5 Å². The van der Waals surface area contributed by atoms with Crippen LogP contribution in [0.3, 0.4) is 0 Å². The molecule has 1 aromatic heterocycles. The Kier molecular flexibility index (Phi) is 6.37. The molecule has 6 heteroatoms. The maximum absolute atomic E-state index is 12.5. The van der Waals surface area contributed by atoms with Crippen LogP contribution in [0.15, 0.2) is 35.3 Å². The Hall–Kier alpha value is -2.34. The Labute approximate surface area is 140 Å². The molecule has 0 radical (unpaired) electrons. The molecule has 1 heterocycles. The Morgan fingerprint density at radius 3 is 2.71 bits per heavy atom. The van der Waals surface area contributed by atoms with E-state index in [-0.39, 0.29) is 24.8 Å². The summed E-state index contributed by atoms with van der Waals surface area (Å²) < 4.78 is 17.1. The molecule has 2 aromatic rings. The van der Waals surface area contributed by atoms with Crippen molar-refractivity contribution >= 4 is 16.7 Å². The van der Waals surface area contributed by atoms with Gasteiger partial charge in [-0.15, -0.1) is 0 Å². The minimum atomic E-state index is -0.462. The van der Waals surface area contributed by atoms with Crippen LogP contribution < -0.4 is 10.3 Å². The molecule has 24 heavy (non-hydrogen) atoms. The first-order valence-corrected chi connectivity index (χ1v) is 8.04. The quantitative estimate of drug-likeness (QED) is 0.548. The number of hydrogen-bond acceptors (Lipinski definition) is 5. The molecule has 0 aliphatic rings. The van der Waals surface area contributed by atoms with E-state index in [4.69, 9.17) is 14.2 Å². The van der Waals surface area contributed by atoms with E-state index in [2.05, 4.69) is 0 Å². The van der Waals surface area contributed by atoms with Gasteiger partial charge in [0.1, 0.15) is 18.9 Å². The topological polar surface area (TPSA) is 66.8 Å². The lowest BCUT2D eigenvalue weighted by Crippen LogP contribution is -2.25. The Morgan fingerprint density at radius 2 is 2.00 bits per heavy atom. The second-order valence-corrected chi connectivity index (χ2v) is 5.58. The Bertz CT molecular complexity index is 751. The van der Waals surface area contributed by atoms with Crippen molar-refractivity contribution in [3.63, 3.8) is 0 Å². The van der Waals surface area contributed by atoms with Gasteiger partial charge in [-0.1, -0.05) is 0 Å². The summed E-state index contributed by atoms with van der Waals surface area (Å²) in [6.07, 6.45) is 1.66. The third kappa shape index (κ3) is 4.83. The fourth-order valence-corrected chi connectivity index (χ4v) is 2.28. The summed E-state index contributed by atoms with van der Waals surface area (Å²) >= 11 is 0. The predicted molar refractivity (Wildman–Crippen MR) is 91.4 cm³/mol. The Balaban J connectivity index is 2.11. The molecule has 0 unspecified atom stereocenters. The summed E-state index contributed by atoms with van der Waals surface area (Å²) in [5.74, 6) is 0.251. The monoisotopic (exact) mass is 333 g/mol. The molecule has 0 N–H and O–H groups in total. The average Bonchev–Trinajstić information content (AvgIpc) is 2.54. The summed E-state index contributed by atoms with van der Waals surface area (Å²) in [6, 6.07) is 7.08. The third-order valence-electron chi connectivity index (χ3n) is 3.31. The van der Waals surface area contributed by atoms with Crippen molar-refractivity contribution in [3.05, 3.63) is 40.8 Å². The van der Waals surface area contributed by atoms with Crippen molar-refractivity contribution in [2.75, 3.05) is 19.8 Å². The van der Waals surface area contributed by atoms with Gasteiger partial charge < -0.3 is 18.8 Å². The van der Waals surface area contributed by atoms with Gasteiger partial charge >= 0.3 is 5.97 Å². The van der Waals surface area contributed by atoms with Gasteiger partial charge in [-0.2, -0.15) is 0 Å². The van der Waals surface area contributed by atoms with Crippen molar-refractivity contribution in [2.24, 2.45) is 0 Å². The van der Waals surface area contributed by atoms with Crippen molar-refractivity contribution in [1.82, 2.24) is 4.57 Å². The normalized spacial score (nSPS) is 11.0. The number of rotatable bonds is 8. The van der Waals surface area contributed by atoms with Crippen LogP contribution in [0.4, 0.5) is 0 Å². The number of carbonyl (C=O) groups is 1. The van der Waals surface area contributed by atoms with E-state index in [1.54, 1.807) is 24.4 Å². The van der Waals surface area contributed by atoms with Crippen LogP contribution in [0.2, 0.25) is 0 Å². The highest BCUT2D eigenvalue weighted by atomic mass is 16.6. The molecule has 0 saturated carbocycles. The second-order valence-electron chi connectivity index (χ2n) is 5.58. The summed E-state index contributed by atoms with van der Waals surface area (Å²) in [4.78, 5) is 24.2. The summed E-state index contributed by atoms with van der Waals surface area (Å²) in [5.41, 5.74) is -0.231. The van der Waals surface area contributed by atoms with E-state index in [1.165, 1.54) is 4.57 Å². The third-order valence-corrected chi connectivity index (χ3v) is 3.31. The molecule has 1 aromatic carbocycles. The molecule has 0 fully saturated rings. The molecule has 2 rings (SSSR count). The standard InChI is InChI=1S/C18H23NO5/c1-4-22-9-10-23-17(20)12-19-8-7-14-11-15(24-13(2)3)5-6-16(14)18(19)21/h5-8,11,13H,4,9-10,12H2,1-3H3. The van der Waals surface area contributed by atoms with E-state index >= 15 is 0 Å². The van der Waals surface area contributed by atoms with Crippen LogP contribution in [0, 0.1) is 0 Å². The van der Waals surface area contributed by atoms with Crippen molar-refractivity contribution < 1.29 is 19.0 Å². The highest BCUT2D eigenvalue weighted by Gasteiger charge is 2.09. The summed E-state index contributed by atoms with van der Waals surface area (Å²) in [6.45, 7) is 6.75. The fraction of sp³-hybridized carbons (Fsp3) is 0.444. The van der Waals surface area contributed by atoms with Crippen LogP contribution in [0.25, 0.3) is 10.8 Å². The van der Waals surface area contributed by atoms with Gasteiger partial charge in [0.15, 0.2) is 0 Å². The van der Waals surface area contributed by atoms with Crippen LogP contribution >= 0.6 is 0 Å². The van der Waals surface area contributed by atoms with Gasteiger partial charge in [0.05, 0.1) is 12.7 Å². The van der Waals surface area contributed by atoms with Crippen LogP contribution in [0.5, 0.6) is 5.75 Å². The lowest BCUT2D eigenvalue weighted by molar-refractivity contribution is -0.145. The fourth-order valence-electron chi connectivity index (χ4n) is 2.28. The van der Waals surface area contributed by atoms with Crippen molar-refractivity contribution in [1.29, 1.82) is 0 Å². The maximum Gasteiger partial charge on any atom is 0.326 e. The number of esters is 1. The van der Waals surface area contributed by atoms with E-state index in [0.717, 1.165) is 5.39 Å². The number of aromatic nitrogens is 1. The van der Waals surface area contributed by atoms with E-state index < -0.39 is 5.97 Å². The number of nitrogens with zero attached hydrogens (tertiary/aromatic N) is 1. The SMILES string of the molecule is CCOCCOC(=O)Cn1ccc2cc(OC(C)C)ccc2c1=O. The van der Waals surface area contributed by atoms with E-state index in [9.17, 15) is 9.59 Å². The Morgan fingerprint density at radius 1 is 1.21 bits per heavy atom. The van der Waals surface area contributed by atoms with Crippen molar-refractivity contribution in [3.8, 4) is 5.75 Å². The molecular weight excluding hydrogens is 310 g/mol. The molecule has 0 saturated heterocycles. The molecule has 0 spiro atoms. The van der Waals surface area contributed by atoms with Gasteiger partial charge in [-0.05, 0) is 50.4 Å². The largest absolute Gasteiger partial charge is 0.491 e. The van der Waals surface area contributed by atoms with Crippen LogP contribution in [-0.2, 0) is 20.8 Å². The molecule has 130 valence electrons. The number of ether oxygens (including phenoxy) is 3. The zero-order chi connectivity index (χ0) is 17.5. The lowest BCUT2D eigenvalue weighted by Gasteiger charge is -2.11. The highest BCUT2D eigenvalue weighted by Crippen LogP contribution is 2.19. The minimum Gasteiger partial charge on any atom is -0.491 e. The van der Waals surface area contributed by atoms with Gasteiger partial charge in [0.25, 0.3) is 5.56 Å². The molecule has 0 amide bonds. The summed E-state index contributed by atoms with van der Waals surface area (Å²) in [7, 11) is 0. The van der Waals surface area contributed by atoms with Crippen molar-refractivity contribution in [2.45, 2.75) is 33.4 Å². The average molecular weight is 333 g/mol. The van der Waals surface area contributed by atoms with E-state index in [1.807, 2.05) is 26.8 Å². The minimum absolute atomic E-state index is 0.0641. The zero-order valence-corrected chi connectivity index (χ0v) is 14.3. The van der Waals surface area contributed by atoms with Gasteiger partial charge in [-0.25, -0.2) is 0 Å². The molecular formula is C18H23NO5. The lowest BCUT2D eigenvalue weighted by atomic mass is 10.1. The van der Waals surface area contributed by atoms with Gasteiger partial charge in [-0.3, -0.25) is 9.59 Å². The molecule has 6 nitrogen and oxygen atoms in total. The number of carbonyl (C=O) groups excluding carboxylic acids is 1. The first-order chi connectivity index (χ1) is 11.5. The molecule has 0 bridgehead atoms. The van der Waals surface area contributed by atoms with Gasteiger partial charge in [0, 0.05) is 18.2 Å². The number of fused-ring (bicyclic) bond motifs is 1. The maximum atomic E-state index is 12.5. The second kappa shape index (κ2) is 8.49. The first kappa shape index (κ1) is 18.0. The number of pyridine rings is 1.